The molecule has 0 spiro atoms. The van der Waals surface area contributed by atoms with E-state index < -0.39 is 0 Å². The molecule has 0 atom stereocenters. The molecular formula is C6H3BO. The minimum atomic E-state index is 0.601. The molecule has 0 saturated carbocycles. The Balaban J connectivity index is 2.80. The Labute approximate surface area is 49.1 Å². The summed E-state index contributed by atoms with van der Waals surface area (Å²) in [6.45, 7) is 0. The Morgan fingerprint density at radius 2 is 2.38 bits per heavy atom. The van der Waals surface area contributed by atoms with E-state index in [2.05, 4.69) is 16.1 Å². The van der Waals surface area contributed by atoms with Gasteiger partial charge in [0.1, 0.15) is 5.76 Å². The summed E-state index contributed by atoms with van der Waals surface area (Å²) in [5.41, 5.74) is 5.39. The Morgan fingerprint density at radius 3 is 2.75 bits per heavy atom. The molecule has 1 nitrogen and oxygen atoms in total. The molecule has 0 unspecified atom stereocenters. The molecule has 0 bridgehead atoms. The van der Waals surface area contributed by atoms with Crippen molar-refractivity contribution in [3.63, 3.8) is 0 Å². The van der Waals surface area contributed by atoms with Gasteiger partial charge in [-0.2, -0.15) is 0 Å². The van der Waals surface area contributed by atoms with Gasteiger partial charge in [-0.05, 0) is 12.2 Å². The number of hydrogen-bond donors (Lipinski definition) is 0. The molecule has 36 valence electrons. The Morgan fingerprint density at radius 1 is 1.50 bits per heavy atom. The van der Waals surface area contributed by atoms with Crippen LogP contribution >= 0.6 is 0 Å². The summed E-state index contributed by atoms with van der Waals surface area (Å²) < 4.78 is 4.36. The summed E-state index contributed by atoms with van der Waals surface area (Å²) in [5, 5.41) is 0. The maximum absolute atomic E-state index is 4.82. The van der Waals surface area contributed by atoms with E-state index >= 15 is 0 Å². The number of allylic oxidation sites excluding steroid dienone is 3. The topological polar surface area (TPSA) is 9.23 Å². The molecule has 0 aromatic rings. The fourth-order valence-corrected chi connectivity index (χ4v) is 0.406. The molecule has 0 aliphatic heterocycles. The normalized spacial score (nSPS) is 13.8. The van der Waals surface area contributed by atoms with Crippen molar-refractivity contribution >= 4 is 8.05 Å². The zero-order chi connectivity index (χ0) is 5.82. The molecule has 0 heterocycles. The lowest BCUT2D eigenvalue weighted by Gasteiger charge is -1.96. The van der Waals surface area contributed by atoms with Gasteiger partial charge >= 0.3 is 8.05 Å². The minimum Gasteiger partial charge on any atom is -0.567 e. The summed E-state index contributed by atoms with van der Waals surface area (Å²) in [7, 11) is 4.82. The van der Waals surface area contributed by atoms with Crippen LogP contribution in [0.1, 0.15) is 0 Å². The summed E-state index contributed by atoms with van der Waals surface area (Å²) in [6, 6.07) is 0. The van der Waals surface area contributed by atoms with Crippen molar-refractivity contribution in [1.82, 2.24) is 0 Å². The van der Waals surface area contributed by atoms with E-state index in [0.717, 1.165) is 0 Å². The molecule has 0 fully saturated rings. The van der Waals surface area contributed by atoms with Gasteiger partial charge in [0.15, 0.2) is 0 Å². The highest BCUT2D eigenvalue weighted by Gasteiger charge is 1.84. The third-order valence-corrected chi connectivity index (χ3v) is 0.765. The molecule has 1 rings (SSSR count). The highest BCUT2D eigenvalue weighted by atomic mass is 16.4. The molecule has 2 heteroatoms. The van der Waals surface area contributed by atoms with Crippen molar-refractivity contribution in [3.05, 3.63) is 35.4 Å². The van der Waals surface area contributed by atoms with Gasteiger partial charge in [-0.15, -0.1) is 0 Å². The second-order valence-electron chi connectivity index (χ2n) is 1.29. The van der Waals surface area contributed by atoms with Crippen molar-refractivity contribution in [1.29, 1.82) is 0 Å². The highest BCUT2D eigenvalue weighted by molar-refractivity contribution is 5.99. The van der Waals surface area contributed by atoms with Gasteiger partial charge in [0.2, 0.25) is 0 Å². The molecule has 0 amide bonds. The molecule has 0 N–H and O–H groups in total. The zero-order valence-electron chi connectivity index (χ0n) is 4.22. The van der Waals surface area contributed by atoms with Crippen LogP contribution in [0, 0.1) is 0 Å². The number of rotatable bonds is 1. The largest absolute Gasteiger partial charge is 0.567 e. The molecule has 0 aromatic heterocycles. The first-order valence-electron chi connectivity index (χ1n) is 2.18. The molecule has 0 aromatic carbocycles. The molecule has 0 saturated heterocycles. The van der Waals surface area contributed by atoms with Gasteiger partial charge < -0.3 is 4.65 Å². The zero-order valence-corrected chi connectivity index (χ0v) is 4.22. The van der Waals surface area contributed by atoms with Crippen LogP contribution in [0.4, 0.5) is 0 Å². The van der Waals surface area contributed by atoms with Gasteiger partial charge in [-0.1, -0.05) is 11.5 Å². The maximum atomic E-state index is 4.82. The van der Waals surface area contributed by atoms with E-state index in [-0.39, 0.29) is 0 Å². The summed E-state index contributed by atoms with van der Waals surface area (Å²) in [4.78, 5) is 0. The number of hydrogen-bond acceptors (Lipinski definition) is 1. The van der Waals surface area contributed by atoms with Crippen LogP contribution in [0.2, 0.25) is 0 Å². The third-order valence-electron chi connectivity index (χ3n) is 0.765. The molecule has 1 aliphatic rings. The third kappa shape index (κ3) is 0.943. The fourth-order valence-electron chi connectivity index (χ4n) is 0.406. The first-order valence-corrected chi connectivity index (χ1v) is 2.18. The van der Waals surface area contributed by atoms with E-state index in [1.165, 1.54) is 0 Å². The van der Waals surface area contributed by atoms with Gasteiger partial charge in [-0.3, -0.25) is 0 Å². The summed E-state index contributed by atoms with van der Waals surface area (Å²) in [6.07, 6.45) is 5.00. The van der Waals surface area contributed by atoms with Gasteiger partial charge in [0.25, 0.3) is 0 Å². The summed E-state index contributed by atoms with van der Waals surface area (Å²) in [5.74, 6) is 0.601. The van der Waals surface area contributed by atoms with E-state index in [1.807, 2.05) is 0 Å². The van der Waals surface area contributed by atoms with Crippen molar-refractivity contribution in [2.75, 3.05) is 0 Å². The average molecular weight is 102 g/mol. The van der Waals surface area contributed by atoms with Crippen molar-refractivity contribution in [2.45, 2.75) is 0 Å². The smallest absolute Gasteiger partial charge is 0.374 e. The first kappa shape index (κ1) is 5.05. The lowest BCUT2D eigenvalue weighted by atomic mass is 10.3. The van der Waals surface area contributed by atoms with Crippen LogP contribution in [-0.4, -0.2) is 8.05 Å². The van der Waals surface area contributed by atoms with Gasteiger partial charge in [0.05, 0.1) is 0 Å². The molecule has 8 heavy (non-hydrogen) atoms. The predicted molar refractivity (Wildman–Crippen MR) is 31.1 cm³/mol. The summed E-state index contributed by atoms with van der Waals surface area (Å²) >= 11 is 0. The lowest BCUT2D eigenvalue weighted by Crippen LogP contribution is -1.81. The first-order chi connectivity index (χ1) is 3.93. The lowest BCUT2D eigenvalue weighted by molar-refractivity contribution is 0.492. The fraction of sp³-hybridized carbons (Fsp3) is 0. The highest BCUT2D eigenvalue weighted by Crippen LogP contribution is 1.97. The van der Waals surface area contributed by atoms with Crippen LogP contribution < -0.4 is 0 Å². The van der Waals surface area contributed by atoms with Crippen LogP contribution in [0.15, 0.2) is 35.4 Å². The Bertz CT molecular complexity index is 203. The quantitative estimate of drug-likeness (QED) is 0.352. The van der Waals surface area contributed by atoms with Gasteiger partial charge in [0, 0.05) is 6.08 Å². The Kier molecular flexibility index (Phi) is 1.44. The predicted octanol–water partition coefficient (Wildman–Crippen LogP) is 0.850. The van der Waals surface area contributed by atoms with Crippen molar-refractivity contribution in [2.24, 2.45) is 0 Å². The second kappa shape index (κ2) is 2.27. The standard InChI is InChI=1S/C6H3BO/c7-8-6-4-2-1-3-5-6/h2,4-5H. The van der Waals surface area contributed by atoms with E-state index in [9.17, 15) is 0 Å². The Hall–Kier alpha value is -1.10. The average Bonchev–Trinajstić information content (AvgIpc) is 1.90. The van der Waals surface area contributed by atoms with Crippen LogP contribution in [0.25, 0.3) is 0 Å². The van der Waals surface area contributed by atoms with E-state index in [0.29, 0.717) is 5.76 Å². The van der Waals surface area contributed by atoms with Crippen LogP contribution in [0.3, 0.4) is 0 Å². The van der Waals surface area contributed by atoms with E-state index in [4.69, 9.17) is 8.05 Å². The van der Waals surface area contributed by atoms with Crippen molar-refractivity contribution < 1.29 is 4.65 Å². The SMILES string of the molecule is [B]OC1=CC=C=C=C1. The maximum Gasteiger partial charge on any atom is 0.374 e. The molecule has 1 aliphatic carbocycles. The monoisotopic (exact) mass is 102 g/mol. The minimum absolute atomic E-state index is 0.601. The molecular weight excluding hydrogens is 98.9 g/mol. The van der Waals surface area contributed by atoms with Gasteiger partial charge in [-0.25, -0.2) is 0 Å². The van der Waals surface area contributed by atoms with E-state index in [1.54, 1.807) is 18.2 Å². The van der Waals surface area contributed by atoms with Crippen LogP contribution in [-0.2, 0) is 4.65 Å². The molecule has 2 radical (unpaired) electrons. The van der Waals surface area contributed by atoms with Crippen molar-refractivity contribution in [3.8, 4) is 0 Å². The van der Waals surface area contributed by atoms with Crippen LogP contribution in [0.5, 0.6) is 0 Å². The second-order valence-corrected chi connectivity index (χ2v) is 1.29.